The van der Waals surface area contributed by atoms with E-state index in [1.54, 1.807) is 18.2 Å². The molecule has 0 amide bonds. The van der Waals surface area contributed by atoms with Crippen LogP contribution in [0.25, 0.3) is 0 Å². The first kappa shape index (κ1) is 11.3. The number of Topliss-reactive ketones (excluding diaryl/α,β-unsaturated/α-hetero) is 1. The van der Waals surface area contributed by atoms with Gasteiger partial charge in [-0.15, -0.1) is 11.6 Å². The van der Waals surface area contributed by atoms with E-state index in [0.717, 1.165) is 0 Å². The van der Waals surface area contributed by atoms with Crippen molar-refractivity contribution in [2.24, 2.45) is 0 Å². The summed E-state index contributed by atoms with van der Waals surface area (Å²) in [5.41, 5.74) is 0.526. The van der Waals surface area contributed by atoms with Crippen LogP contribution in [0.15, 0.2) is 18.2 Å². The van der Waals surface area contributed by atoms with Crippen molar-refractivity contribution in [1.29, 1.82) is 0 Å². The zero-order valence-electron chi connectivity index (χ0n) is 7.72. The Morgan fingerprint density at radius 1 is 1.50 bits per heavy atom. The van der Waals surface area contributed by atoms with E-state index in [9.17, 15) is 4.79 Å². The third-order valence-electron chi connectivity index (χ3n) is 1.79. The predicted molar refractivity (Wildman–Crippen MR) is 57.7 cm³/mol. The Morgan fingerprint density at radius 2 is 2.21 bits per heavy atom. The molecular formula is C10H10Cl2O2. The molecule has 0 aliphatic heterocycles. The minimum atomic E-state index is -0.0338. The van der Waals surface area contributed by atoms with E-state index in [2.05, 4.69) is 0 Å². The van der Waals surface area contributed by atoms with Gasteiger partial charge in [0, 0.05) is 17.3 Å². The van der Waals surface area contributed by atoms with Gasteiger partial charge in [-0.05, 0) is 18.2 Å². The molecule has 0 bridgehead atoms. The number of hydrogen-bond donors (Lipinski definition) is 0. The van der Waals surface area contributed by atoms with Crippen LogP contribution >= 0.6 is 23.2 Å². The second-order valence-corrected chi connectivity index (χ2v) is 3.52. The first-order chi connectivity index (χ1) is 6.69. The largest absolute Gasteiger partial charge is 0.496 e. The number of ether oxygens (including phenoxy) is 1. The molecule has 0 saturated heterocycles. The van der Waals surface area contributed by atoms with E-state index >= 15 is 0 Å². The number of hydrogen-bond acceptors (Lipinski definition) is 2. The van der Waals surface area contributed by atoms with Gasteiger partial charge in [-0.1, -0.05) is 11.6 Å². The molecule has 2 nitrogen and oxygen atoms in total. The molecule has 0 aliphatic carbocycles. The molecule has 14 heavy (non-hydrogen) atoms. The average molecular weight is 233 g/mol. The fourth-order valence-corrected chi connectivity index (χ4v) is 1.45. The molecule has 0 N–H and O–H groups in total. The average Bonchev–Trinajstić information content (AvgIpc) is 2.17. The maximum absolute atomic E-state index is 11.5. The lowest BCUT2D eigenvalue weighted by molar-refractivity contribution is 0.0986. The molecule has 0 radical (unpaired) electrons. The number of ketones is 1. The number of carbonyl (C=O) groups excluding carboxylic acids is 1. The molecule has 0 aromatic heterocycles. The summed E-state index contributed by atoms with van der Waals surface area (Å²) in [4.78, 5) is 11.5. The molecule has 0 aliphatic rings. The summed E-state index contributed by atoms with van der Waals surface area (Å²) in [5, 5.41) is 0.546. The molecule has 0 saturated carbocycles. The van der Waals surface area contributed by atoms with Gasteiger partial charge in [0.15, 0.2) is 5.78 Å². The molecule has 1 aromatic carbocycles. The van der Waals surface area contributed by atoms with Gasteiger partial charge in [-0.25, -0.2) is 0 Å². The normalized spacial score (nSPS) is 9.93. The Kier molecular flexibility index (Phi) is 4.23. The fraction of sp³-hybridized carbons (Fsp3) is 0.300. The lowest BCUT2D eigenvalue weighted by Crippen LogP contribution is -2.02. The molecule has 76 valence electrons. The van der Waals surface area contributed by atoms with Gasteiger partial charge in [-0.2, -0.15) is 0 Å². The summed E-state index contributed by atoms with van der Waals surface area (Å²) in [6.07, 6.45) is 0.305. The van der Waals surface area contributed by atoms with Gasteiger partial charge < -0.3 is 4.74 Å². The van der Waals surface area contributed by atoms with E-state index < -0.39 is 0 Å². The van der Waals surface area contributed by atoms with E-state index in [1.165, 1.54) is 7.11 Å². The Bertz CT molecular complexity index is 337. The van der Waals surface area contributed by atoms with Gasteiger partial charge in [-0.3, -0.25) is 4.79 Å². The minimum absolute atomic E-state index is 0.0338. The van der Waals surface area contributed by atoms with Crippen LogP contribution in [0.1, 0.15) is 16.8 Å². The zero-order valence-corrected chi connectivity index (χ0v) is 9.23. The second kappa shape index (κ2) is 5.23. The van der Waals surface area contributed by atoms with Crippen molar-refractivity contribution in [1.82, 2.24) is 0 Å². The lowest BCUT2D eigenvalue weighted by Gasteiger charge is -2.06. The highest BCUT2D eigenvalue weighted by atomic mass is 35.5. The van der Waals surface area contributed by atoms with Gasteiger partial charge >= 0.3 is 0 Å². The maximum Gasteiger partial charge on any atom is 0.167 e. The zero-order chi connectivity index (χ0) is 10.6. The molecule has 0 unspecified atom stereocenters. The van der Waals surface area contributed by atoms with Crippen LogP contribution in [-0.2, 0) is 0 Å². The highest BCUT2D eigenvalue weighted by molar-refractivity contribution is 6.31. The van der Waals surface area contributed by atoms with E-state index in [0.29, 0.717) is 28.6 Å². The third kappa shape index (κ3) is 2.63. The molecule has 0 spiro atoms. The summed E-state index contributed by atoms with van der Waals surface area (Å²) < 4.78 is 5.05. The van der Waals surface area contributed by atoms with Crippen molar-refractivity contribution in [2.45, 2.75) is 6.42 Å². The number of rotatable bonds is 4. The molecule has 0 fully saturated rings. The van der Waals surface area contributed by atoms with Crippen LogP contribution in [-0.4, -0.2) is 18.8 Å². The van der Waals surface area contributed by atoms with Crippen molar-refractivity contribution in [3.63, 3.8) is 0 Å². The van der Waals surface area contributed by atoms with Crippen LogP contribution in [0.5, 0.6) is 5.75 Å². The van der Waals surface area contributed by atoms with Crippen LogP contribution in [0, 0.1) is 0 Å². The van der Waals surface area contributed by atoms with Crippen molar-refractivity contribution in [3.8, 4) is 5.75 Å². The quantitative estimate of drug-likeness (QED) is 0.589. The molecule has 1 rings (SSSR count). The molecule has 1 aromatic rings. The predicted octanol–water partition coefficient (Wildman–Crippen LogP) is 3.16. The lowest BCUT2D eigenvalue weighted by atomic mass is 10.1. The Morgan fingerprint density at radius 3 is 2.79 bits per heavy atom. The van der Waals surface area contributed by atoms with Crippen molar-refractivity contribution in [2.75, 3.05) is 13.0 Å². The smallest absolute Gasteiger partial charge is 0.167 e. The third-order valence-corrected chi connectivity index (χ3v) is 2.21. The van der Waals surface area contributed by atoms with Gasteiger partial charge in [0.25, 0.3) is 0 Å². The highest BCUT2D eigenvalue weighted by Crippen LogP contribution is 2.24. The first-order valence-electron chi connectivity index (χ1n) is 4.11. The molecule has 0 atom stereocenters. The van der Waals surface area contributed by atoms with Gasteiger partial charge in [0.1, 0.15) is 5.75 Å². The monoisotopic (exact) mass is 232 g/mol. The van der Waals surface area contributed by atoms with Crippen molar-refractivity contribution < 1.29 is 9.53 Å². The summed E-state index contributed by atoms with van der Waals surface area (Å²) in [6, 6.07) is 4.92. The Hall–Kier alpha value is -0.730. The Labute approximate surface area is 92.8 Å². The molecule has 4 heteroatoms. The van der Waals surface area contributed by atoms with Gasteiger partial charge in [0.2, 0.25) is 0 Å². The summed E-state index contributed by atoms with van der Waals surface area (Å²) in [5.74, 6) is 0.770. The number of benzene rings is 1. The van der Waals surface area contributed by atoms with Gasteiger partial charge in [0.05, 0.1) is 12.7 Å². The van der Waals surface area contributed by atoms with Crippen LogP contribution in [0.2, 0.25) is 5.02 Å². The summed E-state index contributed by atoms with van der Waals surface area (Å²) in [7, 11) is 1.50. The summed E-state index contributed by atoms with van der Waals surface area (Å²) in [6.45, 7) is 0. The standard InChI is InChI=1S/C10H10Cl2O2/c1-14-10-6-7(12)2-3-8(10)9(13)4-5-11/h2-3,6H,4-5H2,1H3. The second-order valence-electron chi connectivity index (χ2n) is 2.71. The number of alkyl halides is 1. The fourth-order valence-electron chi connectivity index (χ4n) is 1.12. The van der Waals surface area contributed by atoms with E-state index in [1.807, 2.05) is 0 Å². The maximum atomic E-state index is 11.5. The molecular weight excluding hydrogens is 223 g/mol. The first-order valence-corrected chi connectivity index (χ1v) is 5.03. The SMILES string of the molecule is COc1cc(Cl)ccc1C(=O)CCCl. The molecule has 0 heterocycles. The Balaban J connectivity index is 3.01. The number of carbonyl (C=O) groups is 1. The number of methoxy groups -OCH3 is 1. The topological polar surface area (TPSA) is 26.3 Å². The van der Waals surface area contributed by atoms with Crippen molar-refractivity contribution in [3.05, 3.63) is 28.8 Å². The summed E-state index contributed by atoms with van der Waals surface area (Å²) >= 11 is 11.2. The number of halogens is 2. The highest BCUT2D eigenvalue weighted by Gasteiger charge is 2.11. The van der Waals surface area contributed by atoms with E-state index in [-0.39, 0.29) is 5.78 Å². The van der Waals surface area contributed by atoms with E-state index in [4.69, 9.17) is 27.9 Å². The van der Waals surface area contributed by atoms with Crippen LogP contribution < -0.4 is 4.74 Å². The minimum Gasteiger partial charge on any atom is -0.496 e. The van der Waals surface area contributed by atoms with Crippen LogP contribution in [0.4, 0.5) is 0 Å². The van der Waals surface area contributed by atoms with Crippen molar-refractivity contribution >= 4 is 29.0 Å². The van der Waals surface area contributed by atoms with Crippen LogP contribution in [0.3, 0.4) is 0 Å².